The molecule has 1 aliphatic rings. The maximum atomic E-state index is 12.8. The Morgan fingerprint density at radius 2 is 2.14 bits per heavy atom. The molecule has 1 saturated heterocycles. The molecule has 1 aromatic rings. The molecule has 5 nitrogen and oxygen atoms in total. The molecule has 0 radical (unpaired) electrons. The highest BCUT2D eigenvalue weighted by atomic mass is 19.1. The summed E-state index contributed by atoms with van der Waals surface area (Å²) in [6.45, 7) is 4.57. The van der Waals surface area contributed by atoms with Crippen LogP contribution in [0.5, 0.6) is 0 Å². The first-order chi connectivity index (χ1) is 10.2. The first-order valence-electron chi connectivity index (χ1n) is 7.20. The van der Waals surface area contributed by atoms with Gasteiger partial charge in [-0.1, -0.05) is 13.3 Å². The molecule has 1 aliphatic heterocycles. The van der Waals surface area contributed by atoms with Crippen LogP contribution in [0.2, 0.25) is 0 Å². The van der Waals surface area contributed by atoms with E-state index in [9.17, 15) is 14.4 Å². The number of pyridine rings is 1. The van der Waals surface area contributed by atoms with Gasteiger partial charge < -0.3 is 4.90 Å². The van der Waals surface area contributed by atoms with Crippen LogP contribution in [0.1, 0.15) is 30.3 Å². The number of carbonyl (C=O) groups excluding carboxylic acids is 1. The van der Waals surface area contributed by atoms with Crippen molar-refractivity contribution >= 4 is 5.91 Å². The zero-order valence-corrected chi connectivity index (χ0v) is 12.1. The summed E-state index contributed by atoms with van der Waals surface area (Å²) >= 11 is 0. The number of aromatic nitrogens is 1. The van der Waals surface area contributed by atoms with Crippen LogP contribution in [0.15, 0.2) is 18.3 Å². The average Bonchev–Trinajstić information content (AvgIpc) is 2.53. The van der Waals surface area contributed by atoms with E-state index in [1.165, 1.54) is 12.1 Å². The number of halogens is 1. The fourth-order valence-electron chi connectivity index (χ4n) is 2.50. The van der Waals surface area contributed by atoms with Crippen molar-refractivity contribution in [2.45, 2.75) is 25.8 Å². The van der Waals surface area contributed by atoms with Gasteiger partial charge in [0.05, 0.1) is 18.3 Å². The minimum Gasteiger partial charge on any atom is -0.335 e. The van der Waals surface area contributed by atoms with Gasteiger partial charge in [0.15, 0.2) is 0 Å². The monoisotopic (exact) mass is 290 g/mol. The predicted molar refractivity (Wildman–Crippen MR) is 76.0 cm³/mol. The minimum absolute atomic E-state index is 0.0730. The molecule has 0 N–H and O–H groups in total. The maximum absolute atomic E-state index is 12.8. The molecule has 6 heteroatoms. The maximum Gasteiger partial charge on any atom is 0.272 e. The molecule has 0 spiro atoms. The second kappa shape index (κ2) is 7.14. The zero-order chi connectivity index (χ0) is 15.2. The topological polar surface area (TPSA) is 60.2 Å². The quantitative estimate of drug-likeness (QED) is 0.846. The lowest BCUT2D eigenvalue weighted by Gasteiger charge is -2.36. The molecular weight excluding hydrogens is 271 g/mol. The standard InChI is InChI=1S/C15H19FN4O/c1-2-3-13(10-17)19-6-8-20(9-7-19)15(21)14-5-4-12(16)11-18-14/h4-5,11,13H,2-3,6-9H2,1H3. The van der Waals surface area contributed by atoms with Gasteiger partial charge in [-0.15, -0.1) is 0 Å². The smallest absolute Gasteiger partial charge is 0.272 e. The number of hydrogen-bond donors (Lipinski definition) is 0. The molecule has 2 heterocycles. The Balaban J connectivity index is 1.93. The molecule has 21 heavy (non-hydrogen) atoms. The fraction of sp³-hybridized carbons (Fsp3) is 0.533. The third-order valence-corrected chi connectivity index (χ3v) is 3.70. The van der Waals surface area contributed by atoms with Crippen LogP contribution in [-0.4, -0.2) is 52.9 Å². The summed E-state index contributed by atoms with van der Waals surface area (Å²) < 4.78 is 12.8. The summed E-state index contributed by atoms with van der Waals surface area (Å²) in [5.41, 5.74) is 0.259. The Bertz CT molecular complexity index is 517. The first-order valence-corrected chi connectivity index (χ1v) is 7.20. The number of carbonyl (C=O) groups is 1. The molecule has 1 aromatic heterocycles. The summed E-state index contributed by atoms with van der Waals surface area (Å²) in [5, 5.41) is 9.17. The Morgan fingerprint density at radius 3 is 2.67 bits per heavy atom. The molecule has 2 rings (SSSR count). The zero-order valence-electron chi connectivity index (χ0n) is 12.1. The largest absolute Gasteiger partial charge is 0.335 e. The van der Waals surface area contributed by atoms with Crippen LogP contribution in [0, 0.1) is 17.1 Å². The van der Waals surface area contributed by atoms with E-state index < -0.39 is 5.82 Å². The SMILES string of the molecule is CCCC(C#N)N1CCN(C(=O)c2ccc(F)cn2)CC1. The van der Waals surface area contributed by atoms with E-state index >= 15 is 0 Å². The number of piperazine rings is 1. The van der Waals surface area contributed by atoms with E-state index in [1.807, 2.05) is 0 Å². The van der Waals surface area contributed by atoms with Crippen molar-refractivity contribution in [3.8, 4) is 6.07 Å². The van der Waals surface area contributed by atoms with Crippen molar-refractivity contribution in [3.63, 3.8) is 0 Å². The van der Waals surface area contributed by atoms with E-state index in [-0.39, 0.29) is 17.6 Å². The molecule has 0 saturated carbocycles. The van der Waals surface area contributed by atoms with Crippen molar-refractivity contribution in [1.29, 1.82) is 5.26 Å². The number of hydrogen-bond acceptors (Lipinski definition) is 4. The van der Waals surface area contributed by atoms with E-state index in [2.05, 4.69) is 22.9 Å². The summed E-state index contributed by atoms with van der Waals surface area (Å²) in [7, 11) is 0. The van der Waals surface area contributed by atoms with Crippen LogP contribution < -0.4 is 0 Å². The second-order valence-electron chi connectivity index (χ2n) is 5.12. The van der Waals surface area contributed by atoms with Gasteiger partial charge in [-0.05, 0) is 18.6 Å². The lowest BCUT2D eigenvalue weighted by Crippen LogP contribution is -2.51. The Morgan fingerprint density at radius 1 is 1.43 bits per heavy atom. The van der Waals surface area contributed by atoms with E-state index in [4.69, 9.17) is 0 Å². The molecule has 0 aromatic carbocycles. The normalized spacial score (nSPS) is 17.3. The highest BCUT2D eigenvalue weighted by Gasteiger charge is 2.26. The third kappa shape index (κ3) is 3.76. The summed E-state index contributed by atoms with van der Waals surface area (Å²) in [6.07, 6.45) is 2.87. The fourth-order valence-corrected chi connectivity index (χ4v) is 2.50. The lowest BCUT2D eigenvalue weighted by molar-refractivity contribution is 0.0595. The van der Waals surface area contributed by atoms with Gasteiger partial charge in [-0.3, -0.25) is 9.69 Å². The highest BCUT2D eigenvalue weighted by Crippen LogP contribution is 2.12. The number of amides is 1. The summed E-state index contributed by atoms with van der Waals surface area (Å²) in [5.74, 6) is -0.633. The van der Waals surface area contributed by atoms with Crippen LogP contribution in [0.4, 0.5) is 4.39 Å². The molecular formula is C15H19FN4O. The van der Waals surface area contributed by atoms with Gasteiger partial charge in [-0.2, -0.15) is 5.26 Å². The highest BCUT2D eigenvalue weighted by molar-refractivity contribution is 5.92. The number of rotatable bonds is 4. The first kappa shape index (κ1) is 15.4. The molecule has 0 aliphatic carbocycles. The van der Waals surface area contributed by atoms with Gasteiger partial charge in [0.2, 0.25) is 0 Å². The van der Waals surface area contributed by atoms with Crippen LogP contribution >= 0.6 is 0 Å². The average molecular weight is 290 g/mol. The predicted octanol–water partition coefficient (Wildman–Crippen LogP) is 1.67. The van der Waals surface area contributed by atoms with E-state index in [0.717, 1.165) is 19.0 Å². The third-order valence-electron chi connectivity index (χ3n) is 3.70. The van der Waals surface area contributed by atoms with Gasteiger partial charge in [-0.25, -0.2) is 9.37 Å². The van der Waals surface area contributed by atoms with Crippen LogP contribution in [-0.2, 0) is 0 Å². The number of nitrogens with zero attached hydrogens (tertiary/aromatic N) is 4. The van der Waals surface area contributed by atoms with Crippen LogP contribution in [0.3, 0.4) is 0 Å². The summed E-state index contributed by atoms with van der Waals surface area (Å²) in [6, 6.07) is 4.89. The lowest BCUT2D eigenvalue weighted by atomic mass is 10.1. The van der Waals surface area contributed by atoms with Crippen molar-refractivity contribution in [1.82, 2.24) is 14.8 Å². The minimum atomic E-state index is -0.451. The van der Waals surface area contributed by atoms with Crippen molar-refractivity contribution in [3.05, 3.63) is 29.8 Å². The summed E-state index contributed by atoms with van der Waals surface area (Å²) in [4.78, 5) is 19.9. The van der Waals surface area contributed by atoms with Crippen molar-refractivity contribution < 1.29 is 9.18 Å². The van der Waals surface area contributed by atoms with Crippen molar-refractivity contribution in [2.24, 2.45) is 0 Å². The van der Waals surface area contributed by atoms with E-state index in [1.54, 1.807) is 4.90 Å². The Kier molecular flexibility index (Phi) is 5.23. The molecule has 1 atom stereocenters. The molecule has 1 unspecified atom stereocenters. The van der Waals surface area contributed by atoms with Gasteiger partial charge in [0.1, 0.15) is 11.5 Å². The van der Waals surface area contributed by atoms with Gasteiger partial charge >= 0.3 is 0 Å². The second-order valence-corrected chi connectivity index (χ2v) is 5.12. The van der Waals surface area contributed by atoms with Gasteiger partial charge in [0.25, 0.3) is 5.91 Å². The van der Waals surface area contributed by atoms with Crippen molar-refractivity contribution in [2.75, 3.05) is 26.2 Å². The Labute approximate surface area is 124 Å². The van der Waals surface area contributed by atoms with E-state index in [0.29, 0.717) is 26.2 Å². The van der Waals surface area contributed by atoms with Gasteiger partial charge in [0, 0.05) is 26.2 Å². The molecule has 1 fully saturated rings. The molecule has 1 amide bonds. The number of nitriles is 1. The Hall–Kier alpha value is -2.00. The molecule has 112 valence electrons. The molecule has 0 bridgehead atoms. The van der Waals surface area contributed by atoms with Crippen LogP contribution in [0.25, 0.3) is 0 Å².